The van der Waals surface area contributed by atoms with Crippen molar-refractivity contribution in [1.29, 1.82) is 0 Å². The molecule has 0 atom stereocenters. The van der Waals surface area contributed by atoms with Crippen LogP contribution in [0.1, 0.15) is 17.0 Å². The Kier molecular flexibility index (Phi) is 6.03. The van der Waals surface area contributed by atoms with Crippen LogP contribution in [0.5, 0.6) is 5.75 Å². The molecule has 0 bridgehead atoms. The Morgan fingerprint density at radius 3 is 2.16 bits per heavy atom. The lowest BCUT2D eigenvalue weighted by Gasteiger charge is -2.08. The van der Waals surface area contributed by atoms with E-state index in [9.17, 15) is 4.79 Å². The highest BCUT2D eigenvalue weighted by Crippen LogP contribution is 2.23. The Balaban J connectivity index is 1.37. The van der Waals surface area contributed by atoms with Gasteiger partial charge in [0, 0.05) is 20.5 Å². The normalized spacial score (nSPS) is 10.6. The van der Waals surface area contributed by atoms with Crippen LogP contribution in [0.15, 0.2) is 78.9 Å². The van der Waals surface area contributed by atoms with Gasteiger partial charge in [0.25, 0.3) is 0 Å². The Hall–Kier alpha value is -4.00. The van der Waals surface area contributed by atoms with Gasteiger partial charge in [0.15, 0.2) is 5.82 Å². The van der Waals surface area contributed by atoms with E-state index in [1.54, 1.807) is 14.1 Å². The Bertz CT molecular complexity index is 1140. The van der Waals surface area contributed by atoms with Crippen molar-refractivity contribution < 1.29 is 9.53 Å². The highest BCUT2D eigenvalue weighted by molar-refractivity contribution is 5.74. The van der Waals surface area contributed by atoms with E-state index in [0.717, 1.165) is 32.8 Å². The van der Waals surface area contributed by atoms with Gasteiger partial charge in [-0.05, 0) is 39.6 Å². The van der Waals surface area contributed by atoms with Gasteiger partial charge in [0.2, 0.25) is 0 Å². The van der Waals surface area contributed by atoms with Gasteiger partial charge in [-0.25, -0.2) is 4.79 Å². The molecule has 0 saturated carbocycles. The average molecular weight is 413 g/mol. The van der Waals surface area contributed by atoms with Crippen molar-refractivity contribution in [3.63, 3.8) is 0 Å². The number of ether oxygens (including phenoxy) is 1. The van der Waals surface area contributed by atoms with Gasteiger partial charge in [0.05, 0.1) is 0 Å². The average Bonchev–Trinajstić information content (AvgIpc) is 3.27. The third kappa shape index (κ3) is 5.14. The van der Waals surface area contributed by atoms with Crippen LogP contribution in [0.3, 0.4) is 0 Å². The zero-order valence-corrected chi connectivity index (χ0v) is 17.5. The molecule has 0 aliphatic carbocycles. The molecule has 0 saturated heterocycles. The van der Waals surface area contributed by atoms with Crippen LogP contribution in [-0.2, 0) is 13.0 Å². The van der Waals surface area contributed by atoms with Crippen LogP contribution in [0, 0.1) is 0 Å². The number of amides is 1. The molecular weight excluding hydrogens is 390 g/mol. The standard InChI is InChI=1S/C24H23N5O2/c1-28(2)24(30)29-26-23(25-27-29)16-18-8-10-20(11-9-18)21-12-14-22(15-13-21)31-17-19-6-4-3-5-7-19/h3-15H,16-17H2,1-2H3. The van der Waals surface area contributed by atoms with Gasteiger partial charge in [-0.3, -0.25) is 0 Å². The number of nitrogens with zero attached hydrogens (tertiary/aromatic N) is 5. The van der Waals surface area contributed by atoms with Gasteiger partial charge in [0.1, 0.15) is 12.4 Å². The molecule has 1 aromatic heterocycles. The van der Waals surface area contributed by atoms with E-state index >= 15 is 0 Å². The van der Waals surface area contributed by atoms with E-state index in [1.807, 2.05) is 54.6 Å². The highest BCUT2D eigenvalue weighted by atomic mass is 16.5. The number of benzene rings is 3. The van der Waals surface area contributed by atoms with Crippen molar-refractivity contribution in [2.45, 2.75) is 13.0 Å². The van der Waals surface area contributed by atoms with Crippen LogP contribution >= 0.6 is 0 Å². The fourth-order valence-electron chi connectivity index (χ4n) is 3.06. The molecule has 7 nitrogen and oxygen atoms in total. The number of hydrogen-bond donors (Lipinski definition) is 0. The molecule has 156 valence electrons. The summed E-state index contributed by atoms with van der Waals surface area (Å²) in [6.45, 7) is 0.549. The molecule has 0 N–H and O–H groups in total. The summed E-state index contributed by atoms with van der Waals surface area (Å²) in [5, 5.41) is 11.9. The van der Waals surface area contributed by atoms with Gasteiger partial charge in [-0.15, -0.1) is 10.2 Å². The molecule has 31 heavy (non-hydrogen) atoms. The third-order valence-electron chi connectivity index (χ3n) is 4.76. The van der Waals surface area contributed by atoms with Crippen molar-refractivity contribution in [3.05, 3.63) is 95.8 Å². The molecule has 0 radical (unpaired) electrons. The summed E-state index contributed by atoms with van der Waals surface area (Å²) in [6, 6.07) is 26.0. The molecule has 7 heteroatoms. The van der Waals surface area contributed by atoms with E-state index in [4.69, 9.17) is 4.74 Å². The SMILES string of the molecule is CN(C)C(=O)n1nnc(Cc2ccc(-c3ccc(OCc4ccccc4)cc3)cc2)n1. The summed E-state index contributed by atoms with van der Waals surface area (Å²) in [6.07, 6.45) is 0.507. The molecule has 0 spiro atoms. The predicted octanol–water partition coefficient (Wildman–Crippen LogP) is 4.04. The summed E-state index contributed by atoms with van der Waals surface area (Å²) in [5.74, 6) is 1.34. The zero-order chi connectivity index (χ0) is 21.6. The second-order valence-electron chi connectivity index (χ2n) is 7.34. The summed E-state index contributed by atoms with van der Waals surface area (Å²) in [5.41, 5.74) is 4.41. The number of carbonyl (C=O) groups is 1. The predicted molar refractivity (Wildman–Crippen MR) is 118 cm³/mol. The van der Waals surface area contributed by atoms with Crippen LogP contribution in [0.4, 0.5) is 4.79 Å². The second kappa shape index (κ2) is 9.21. The third-order valence-corrected chi connectivity index (χ3v) is 4.76. The van der Waals surface area contributed by atoms with Crippen molar-refractivity contribution in [3.8, 4) is 16.9 Å². The second-order valence-corrected chi connectivity index (χ2v) is 7.34. The molecule has 0 aliphatic heterocycles. The number of rotatable bonds is 6. The lowest BCUT2D eigenvalue weighted by Crippen LogP contribution is -2.29. The Labute approximate surface area is 180 Å². The van der Waals surface area contributed by atoms with E-state index in [0.29, 0.717) is 18.9 Å². The topological polar surface area (TPSA) is 73.1 Å². The maximum Gasteiger partial charge on any atom is 0.362 e. The summed E-state index contributed by atoms with van der Waals surface area (Å²) < 4.78 is 5.85. The molecule has 0 fully saturated rings. The minimum atomic E-state index is -0.328. The number of hydrogen-bond acceptors (Lipinski definition) is 5. The van der Waals surface area contributed by atoms with Gasteiger partial charge < -0.3 is 9.64 Å². The van der Waals surface area contributed by atoms with E-state index in [2.05, 4.69) is 39.7 Å². The fourth-order valence-corrected chi connectivity index (χ4v) is 3.06. The van der Waals surface area contributed by atoms with Gasteiger partial charge >= 0.3 is 6.03 Å². The van der Waals surface area contributed by atoms with E-state index in [-0.39, 0.29) is 6.03 Å². The quantitative estimate of drug-likeness (QED) is 0.477. The van der Waals surface area contributed by atoms with Gasteiger partial charge in [-0.2, -0.15) is 0 Å². The van der Waals surface area contributed by atoms with Crippen molar-refractivity contribution >= 4 is 6.03 Å². The van der Waals surface area contributed by atoms with Crippen LogP contribution in [0.25, 0.3) is 11.1 Å². The molecule has 4 aromatic rings. The minimum absolute atomic E-state index is 0.328. The maximum absolute atomic E-state index is 11.9. The number of tetrazole rings is 1. The lowest BCUT2D eigenvalue weighted by atomic mass is 10.0. The molecule has 4 rings (SSSR count). The fraction of sp³-hybridized carbons (Fsp3) is 0.167. The maximum atomic E-state index is 11.9. The first-order chi connectivity index (χ1) is 15.1. The van der Waals surface area contributed by atoms with Gasteiger partial charge in [-0.1, -0.05) is 71.5 Å². The largest absolute Gasteiger partial charge is 0.489 e. The van der Waals surface area contributed by atoms with E-state index in [1.165, 1.54) is 4.90 Å². The summed E-state index contributed by atoms with van der Waals surface area (Å²) in [7, 11) is 3.29. The smallest absolute Gasteiger partial charge is 0.362 e. The first-order valence-corrected chi connectivity index (χ1v) is 9.95. The molecule has 0 unspecified atom stereocenters. The Morgan fingerprint density at radius 1 is 0.871 bits per heavy atom. The van der Waals surface area contributed by atoms with Crippen molar-refractivity contribution in [2.75, 3.05) is 14.1 Å². The summed E-state index contributed by atoms with van der Waals surface area (Å²) in [4.78, 5) is 14.3. The Morgan fingerprint density at radius 2 is 1.52 bits per heavy atom. The highest BCUT2D eigenvalue weighted by Gasteiger charge is 2.12. The number of aromatic nitrogens is 4. The first kappa shape index (κ1) is 20.3. The van der Waals surface area contributed by atoms with Crippen LogP contribution in [-0.4, -0.2) is 45.2 Å². The van der Waals surface area contributed by atoms with Crippen LogP contribution < -0.4 is 4.74 Å². The summed E-state index contributed by atoms with van der Waals surface area (Å²) >= 11 is 0. The first-order valence-electron chi connectivity index (χ1n) is 9.95. The lowest BCUT2D eigenvalue weighted by molar-refractivity contribution is 0.211. The molecule has 3 aromatic carbocycles. The molecule has 1 heterocycles. The van der Waals surface area contributed by atoms with Crippen molar-refractivity contribution in [2.24, 2.45) is 0 Å². The van der Waals surface area contributed by atoms with Crippen LogP contribution in [0.2, 0.25) is 0 Å². The van der Waals surface area contributed by atoms with Crippen molar-refractivity contribution in [1.82, 2.24) is 25.1 Å². The molecular formula is C24H23N5O2. The van der Waals surface area contributed by atoms with E-state index < -0.39 is 0 Å². The molecule has 0 aliphatic rings. The number of carbonyl (C=O) groups excluding carboxylic acids is 1. The zero-order valence-electron chi connectivity index (χ0n) is 17.5. The minimum Gasteiger partial charge on any atom is -0.489 e. The molecule has 1 amide bonds. The monoisotopic (exact) mass is 413 g/mol.